The van der Waals surface area contributed by atoms with Gasteiger partial charge in [0.15, 0.2) is 0 Å². The molecule has 1 aliphatic heterocycles. The van der Waals surface area contributed by atoms with Crippen molar-refractivity contribution in [3.8, 4) is 0 Å². The summed E-state index contributed by atoms with van der Waals surface area (Å²) in [5, 5.41) is 3.38. The van der Waals surface area contributed by atoms with Gasteiger partial charge >= 0.3 is 0 Å². The molecule has 106 valence electrons. The van der Waals surface area contributed by atoms with Gasteiger partial charge in [-0.1, -0.05) is 13.8 Å². The van der Waals surface area contributed by atoms with E-state index in [-0.39, 0.29) is 18.0 Å². The molecule has 1 aliphatic rings. The van der Waals surface area contributed by atoms with Crippen molar-refractivity contribution >= 4 is 0 Å². The summed E-state index contributed by atoms with van der Waals surface area (Å²) < 4.78 is 32.8. The highest BCUT2D eigenvalue weighted by molar-refractivity contribution is 5.29. The van der Waals surface area contributed by atoms with Crippen LogP contribution in [0.4, 0.5) is 8.78 Å². The van der Waals surface area contributed by atoms with E-state index < -0.39 is 11.6 Å². The van der Waals surface area contributed by atoms with Crippen LogP contribution in [0.15, 0.2) is 12.1 Å². The van der Waals surface area contributed by atoms with Gasteiger partial charge in [0.25, 0.3) is 0 Å². The second kappa shape index (κ2) is 5.97. The highest BCUT2D eigenvalue weighted by atomic mass is 19.1. The fraction of sp³-hybridized carbons (Fsp3) is 0.600. The Morgan fingerprint density at radius 3 is 2.58 bits per heavy atom. The average molecular weight is 269 g/mol. The van der Waals surface area contributed by atoms with Gasteiger partial charge in [-0.25, -0.2) is 8.78 Å². The molecule has 2 unspecified atom stereocenters. The minimum atomic E-state index is -0.493. The zero-order valence-electron chi connectivity index (χ0n) is 11.7. The molecule has 0 saturated carbocycles. The Morgan fingerprint density at radius 1 is 1.26 bits per heavy atom. The molecular weight excluding hydrogens is 248 g/mol. The standard InChI is InChI=1S/C15H21F2NO/c1-9(2)18-15(11-4-5-19-8-11)12-6-10(3)13(16)7-14(12)17/h6-7,9,11,15,18H,4-5,8H2,1-3H3. The topological polar surface area (TPSA) is 21.3 Å². The minimum Gasteiger partial charge on any atom is -0.381 e. The van der Waals surface area contributed by atoms with Crippen LogP contribution in [-0.2, 0) is 4.74 Å². The Kier molecular flexibility index (Phi) is 4.53. The Balaban J connectivity index is 2.33. The van der Waals surface area contributed by atoms with Crippen LogP contribution in [0.25, 0.3) is 0 Å². The monoisotopic (exact) mass is 269 g/mol. The molecule has 1 fully saturated rings. The molecule has 0 aliphatic carbocycles. The van der Waals surface area contributed by atoms with E-state index in [2.05, 4.69) is 5.32 Å². The van der Waals surface area contributed by atoms with Gasteiger partial charge < -0.3 is 10.1 Å². The number of benzene rings is 1. The fourth-order valence-electron chi connectivity index (χ4n) is 2.57. The predicted octanol–water partition coefficient (Wildman–Crippen LogP) is 3.35. The summed E-state index contributed by atoms with van der Waals surface area (Å²) in [6.45, 7) is 7.05. The Morgan fingerprint density at radius 2 is 2.00 bits per heavy atom. The van der Waals surface area contributed by atoms with Crippen LogP contribution in [0.5, 0.6) is 0 Å². The predicted molar refractivity (Wildman–Crippen MR) is 71.0 cm³/mol. The molecule has 1 heterocycles. The number of hydrogen-bond acceptors (Lipinski definition) is 2. The molecule has 1 aromatic carbocycles. The summed E-state index contributed by atoms with van der Waals surface area (Å²) in [6, 6.07) is 2.70. The average Bonchev–Trinajstić information content (AvgIpc) is 2.84. The molecule has 2 rings (SSSR count). The molecule has 4 heteroatoms. The molecular formula is C15H21F2NO. The first kappa shape index (κ1) is 14.4. The fourth-order valence-corrected chi connectivity index (χ4v) is 2.57. The van der Waals surface area contributed by atoms with Crippen molar-refractivity contribution in [1.29, 1.82) is 0 Å². The van der Waals surface area contributed by atoms with Gasteiger partial charge in [-0.15, -0.1) is 0 Å². The van der Waals surface area contributed by atoms with Gasteiger partial charge in [0.1, 0.15) is 11.6 Å². The third kappa shape index (κ3) is 3.31. The lowest BCUT2D eigenvalue weighted by molar-refractivity contribution is 0.174. The molecule has 0 bridgehead atoms. The van der Waals surface area contributed by atoms with Gasteiger partial charge in [0.2, 0.25) is 0 Å². The first-order chi connectivity index (χ1) is 8.99. The van der Waals surface area contributed by atoms with E-state index >= 15 is 0 Å². The summed E-state index contributed by atoms with van der Waals surface area (Å²) in [6.07, 6.45) is 0.903. The van der Waals surface area contributed by atoms with Gasteiger partial charge in [-0.05, 0) is 25.0 Å². The molecule has 2 nitrogen and oxygen atoms in total. The Bertz CT molecular complexity index is 442. The normalized spacial score (nSPS) is 21.1. The molecule has 0 aromatic heterocycles. The molecule has 0 radical (unpaired) electrons. The van der Waals surface area contributed by atoms with E-state index in [1.54, 1.807) is 13.0 Å². The van der Waals surface area contributed by atoms with Crippen molar-refractivity contribution in [1.82, 2.24) is 5.32 Å². The van der Waals surface area contributed by atoms with Crippen molar-refractivity contribution in [3.05, 3.63) is 34.9 Å². The minimum absolute atomic E-state index is 0.123. The summed E-state index contributed by atoms with van der Waals surface area (Å²) in [7, 11) is 0. The maximum absolute atomic E-state index is 14.1. The van der Waals surface area contributed by atoms with Gasteiger partial charge in [-0.3, -0.25) is 0 Å². The smallest absolute Gasteiger partial charge is 0.130 e. The van der Waals surface area contributed by atoms with Crippen LogP contribution in [-0.4, -0.2) is 19.3 Å². The Labute approximate surface area is 113 Å². The zero-order valence-corrected chi connectivity index (χ0v) is 11.7. The summed E-state index contributed by atoms with van der Waals surface area (Å²) >= 11 is 0. The van der Waals surface area contributed by atoms with E-state index in [9.17, 15) is 8.78 Å². The van der Waals surface area contributed by atoms with Crippen LogP contribution in [0.1, 0.15) is 37.4 Å². The molecule has 19 heavy (non-hydrogen) atoms. The molecule has 1 N–H and O–H groups in total. The zero-order chi connectivity index (χ0) is 14.0. The van der Waals surface area contributed by atoms with E-state index in [1.165, 1.54) is 0 Å². The van der Waals surface area contributed by atoms with Gasteiger partial charge in [-0.2, -0.15) is 0 Å². The molecule has 2 atom stereocenters. The number of nitrogens with one attached hydrogen (secondary N) is 1. The summed E-state index contributed by atoms with van der Waals surface area (Å²) in [5.41, 5.74) is 1.02. The van der Waals surface area contributed by atoms with E-state index in [0.29, 0.717) is 24.3 Å². The first-order valence-electron chi connectivity index (χ1n) is 6.78. The molecule has 1 aromatic rings. The molecule has 0 amide bonds. The Hall–Kier alpha value is -1.00. The van der Waals surface area contributed by atoms with Crippen molar-refractivity contribution < 1.29 is 13.5 Å². The lowest BCUT2D eigenvalue weighted by Crippen LogP contribution is -2.34. The lowest BCUT2D eigenvalue weighted by Gasteiger charge is -2.27. The number of halogens is 2. The number of aryl methyl sites for hydroxylation is 1. The maximum Gasteiger partial charge on any atom is 0.130 e. The van der Waals surface area contributed by atoms with Crippen LogP contribution >= 0.6 is 0 Å². The number of ether oxygens (including phenoxy) is 1. The van der Waals surface area contributed by atoms with Crippen molar-refractivity contribution in [3.63, 3.8) is 0 Å². The van der Waals surface area contributed by atoms with E-state index in [1.807, 2.05) is 13.8 Å². The number of hydrogen-bond donors (Lipinski definition) is 1. The second-order valence-corrected chi connectivity index (χ2v) is 5.55. The van der Waals surface area contributed by atoms with Crippen molar-refractivity contribution in [2.45, 2.75) is 39.3 Å². The first-order valence-corrected chi connectivity index (χ1v) is 6.78. The summed E-state index contributed by atoms with van der Waals surface area (Å²) in [5.74, 6) is -0.734. The summed E-state index contributed by atoms with van der Waals surface area (Å²) in [4.78, 5) is 0. The van der Waals surface area contributed by atoms with Crippen molar-refractivity contribution in [2.75, 3.05) is 13.2 Å². The van der Waals surface area contributed by atoms with Gasteiger partial charge in [0.05, 0.1) is 6.61 Å². The maximum atomic E-state index is 14.1. The van der Waals surface area contributed by atoms with Gasteiger partial charge in [0, 0.05) is 36.2 Å². The quantitative estimate of drug-likeness (QED) is 0.905. The highest BCUT2D eigenvalue weighted by Crippen LogP contribution is 2.32. The lowest BCUT2D eigenvalue weighted by atomic mass is 9.90. The third-order valence-electron chi connectivity index (χ3n) is 3.56. The van der Waals surface area contributed by atoms with Crippen LogP contribution in [0, 0.1) is 24.5 Å². The van der Waals surface area contributed by atoms with Crippen LogP contribution < -0.4 is 5.32 Å². The highest BCUT2D eigenvalue weighted by Gasteiger charge is 2.29. The number of rotatable bonds is 4. The van der Waals surface area contributed by atoms with Crippen molar-refractivity contribution in [2.24, 2.45) is 5.92 Å². The largest absolute Gasteiger partial charge is 0.381 e. The van der Waals surface area contributed by atoms with Crippen LogP contribution in [0.3, 0.4) is 0 Å². The second-order valence-electron chi connectivity index (χ2n) is 5.55. The van der Waals surface area contributed by atoms with E-state index in [0.717, 1.165) is 12.5 Å². The third-order valence-corrected chi connectivity index (χ3v) is 3.56. The molecule has 1 saturated heterocycles. The molecule has 0 spiro atoms. The SMILES string of the molecule is Cc1cc(C(NC(C)C)C2CCOC2)c(F)cc1F. The van der Waals surface area contributed by atoms with E-state index in [4.69, 9.17) is 4.74 Å². The van der Waals surface area contributed by atoms with Crippen LogP contribution in [0.2, 0.25) is 0 Å².